The summed E-state index contributed by atoms with van der Waals surface area (Å²) in [5, 5.41) is 13.1. The first-order valence-corrected chi connectivity index (χ1v) is 10.9. The fourth-order valence-corrected chi connectivity index (χ4v) is 3.34. The van der Waals surface area contributed by atoms with Gasteiger partial charge < -0.3 is 10.4 Å². The molecule has 156 valence electrons. The maximum absolute atomic E-state index is 11.8. The van der Waals surface area contributed by atoms with E-state index in [-0.39, 0.29) is 0 Å². The van der Waals surface area contributed by atoms with Crippen LogP contribution in [0, 0.1) is 5.92 Å². The highest BCUT2D eigenvalue weighted by Gasteiger charge is 2.12. The maximum Gasteiger partial charge on any atom is 0.331 e. The first kappa shape index (κ1) is 24.2. The highest BCUT2D eigenvalue weighted by Crippen LogP contribution is 2.23. The summed E-state index contributed by atoms with van der Waals surface area (Å²) in [6.07, 6.45) is 11.1. The van der Waals surface area contributed by atoms with Gasteiger partial charge in [-0.1, -0.05) is 95.9 Å². The number of hydrogen-bond acceptors (Lipinski definition) is 2. The van der Waals surface area contributed by atoms with E-state index in [0.717, 1.165) is 31.4 Å². The molecule has 3 nitrogen and oxygen atoms in total. The third-order valence-corrected chi connectivity index (χ3v) is 5.22. The topological polar surface area (TPSA) is 49.3 Å². The van der Waals surface area contributed by atoms with Crippen molar-refractivity contribution in [1.82, 2.24) is 5.32 Å². The van der Waals surface area contributed by atoms with Gasteiger partial charge in [0.1, 0.15) is 0 Å². The molecule has 1 unspecified atom stereocenters. The van der Waals surface area contributed by atoms with Crippen LogP contribution in [-0.2, 0) is 4.79 Å². The van der Waals surface area contributed by atoms with E-state index in [1.165, 1.54) is 24.8 Å². The lowest BCUT2D eigenvalue weighted by Gasteiger charge is -2.14. The Balaban J connectivity index is 2.90. The quantitative estimate of drug-likeness (QED) is 0.285. The van der Waals surface area contributed by atoms with Crippen LogP contribution < -0.4 is 5.32 Å². The van der Waals surface area contributed by atoms with Gasteiger partial charge in [0.15, 0.2) is 0 Å². The largest absolute Gasteiger partial charge is 0.478 e. The van der Waals surface area contributed by atoms with Crippen LogP contribution in [0.1, 0.15) is 78.2 Å². The zero-order valence-electron chi connectivity index (χ0n) is 18.2. The molecule has 1 rings (SSSR count). The number of benzene rings is 1. The van der Waals surface area contributed by atoms with Gasteiger partial charge in [-0.05, 0) is 42.9 Å². The standard InChI is InChI=1S/C25H39NO2/c1-5-7-11-21(6-2)14-15-24(25(27)28)17-16-23(18-19-26-20(3)4)22-12-9-8-10-13-22/h8-10,12-13,16-17,20-21,26H,5-7,11,14-15,18-19H2,1-4H3,(H,27,28). The van der Waals surface area contributed by atoms with E-state index in [0.29, 0.717) is 24.0 Å². The summed E-state index contributed by atoms with van der Waals surface area (Å²) in [6, 6.07) is 10.7. The van der Waals surface area contributed by atoms with E-state index in [4.69, 9.17) is 0 Å². The Morgan fingerprint density at radius 2 is 1.79 bits per heavy atom. The Morgan fingerprint density at radius 3 is 2.36 bits per heavy atom. The molecule has 0 saturated carbocycles. The molecular weight excluding hydrogens is 346 g/mol. The molecule has 2 N–H and O–H groups in total. The van der Waals surface area contributed by atoms with Gasteiger partial charge in [0.25, 0.3) is 0 Å². The van der Waals surface area contributed by atoms with Crippen LogP contribution in [0.2, 0.25) is 0 Å². The van der Waals surface area contributed by atoms with Crippen LogP contribution in [0.5, 0.6) is 0 Å². The minimum atomic E-state index is -0.797. The molecular formula is C25H39NO2. The number of allylic oxidation sites excluding steroid dienone is 2. The summed E-state index contributed by atoms with van der Waals surface area (Å²) in [4.78, 5) is 11.8. The smallest absolute Gasteiger partial charge is 0.331 e. The summed E-state index contributed by atoms with van der Waals surface area (Å²) in [7, 11) is 0. The van der Waals surface area contributed by atoms with Crippen molar-refractivity contribution in [1.29, 1.82) is 0 Å². The average Bonchev–Trinajstić information content (AvgIpc) is 2.68. The molecule has 0 aliphatic carbocycles. The first-order chi connectivity index (χ1) is 13.5. The summed E-state index contributed by atoms with van der Waals surface area (Å²) in [5.41, 5.74) is 2.84. The first-order valence-electron chi connectivity index (χ1n) is 10.9. The van der Waals surface area contributed by atoms with Crippen molar-refractivity contribution in [2.45, 2.75) is 78.7 Å². The van der Waals surface area contributed by atoms with Crippen molar-refractivity contribution in [2.24, 2.45) is 5.92 Å². The Labute approximate surface area is 171 Å². The summed E-state index contributed by atoms with van der Waals surface area (Å²) in [6.45, 7) is 9.57. The Kier molecular flexibility index (Phi) is 12.2. The highest BCUT2D eigenvalue weighted by atomic mass is 16.4. The predicted octanol–water partition coefficient (Wildman–Crippen LogP) is 6.47. The lowest BCUT2D eigenvalue weighted by atomic mass is 9.92. The zero-order chi connectivity index (χ0) is 20.8. The van der Waals surface area contributed by atoms with Crippen molar-refractivity contribution in [3.05, 3.63) is 53.6 Å². The molecule has 1 atom stereocenters. The molecule has 0 radical (unpaired) electrons. The molecule has 3 heteroatoms. The lowest BCUT2D eigenvalue weighted by molar-refractivity contribution is -0.132. The second-order valence-corrected chi connectivity index (χ2v) is 7.87. The van der Waals surface area contributed by atoms with Crippen molar-refractivity contribution in [3.8, 4) is 0 Å². The number of rotatable bonds is 14. The lowest BCUT2D eigenvalue weighted by Crippen LogP contribution is -2.23. The number of carboxylic acid groups (broad SMARTS) is 1. The van der Waals surface area contributed by atoms with E-state index in [1.54, 1.807) is 0 Å². The molecule has 28 heavy (non-hydrogen) atoms. The number of aliphatic carboxylic acids is 1. The van der Waals surface area contributed by atoms with Gasteiger partial charge in [-0.25, -0.2) is 4.79 Å². The monoisotopic (exact) mass is 385 g/mol. The molecule has 0 saturated heterocycles. The van der Waals surface area contributed by atoms with Gasteiger partial charge in [-0.15, -0.1) is 0 Å². The zero-order valence-corrected chi connectivity index (χ0v) is 18.2. The van der Waals surface area contributed by atoms with Gasteiger partial charge in [-0.2, -0.15) is 0 Å². The molecule has 1 aromatic rings. The molecule has 0 amide bonds. The molecule has 0 bridgehead atoms. The van der Waals surface area contributed by atoms with E-state index < -0.39 is 5.97 Å². The van der Waals surface area contributed by atoms with Gasteiger partial charge in [-0.3, -0.25) is 0 Å². The predicted molar refractivity (Wildman–Crippen MR) is 120 cm³/mol. The Hall–Kier alpha value is -1.87. The average molecular weight is 386 g/mol. The van der Waals surface area contributed by atoms with Crippen LogP contribution in [-0.4, -0.2) is 23.7 Å². The highest BCUT2D eigenvalue weighted by molar-refractivity contribution is 5.87. The minimum Gasteiger partial charge on any atom is -0.478 e. The summed E-state index contributed by atoms with van der Waals surface area (Å²) < 4.78 is 0. The van der Waals surface area contributed by atoms with Crippen molar-refractivity contribution in [2.75, 3.05) is 6.54 Å². The van der Waals surface area contributed by atoms with Crippen LogP contribution in [0.4, 0.5) is 0 Å². The van der Waals surface area contributed by atoms with E-state index >= 15 is 0 Å². The Morgan fingerprint density at radius 1 is 1.07 bits per heavy atom. The second kappa shape index (κ2) is 14.2. The van der Waals surface area contributed by atoms with E-state index in [2.05, 4.69) is 45.1 Å². The van der Waals surface area contributed by atoms with Crippen LogP contribution in [0.15, 0.2) is 48.1 Å². The molecule has 0 spiro atoms. The van der Waals surface area contributed by atoms with Crippen molar-refractivity contribution < 1.29 is 9.90 Å². The molecule has 0 aliphatic rings. The minimum absolute atomic E-state index is 0.441. The second-order valence-electron chi connectivity index (χ2n) is 7.87. The number of nitrogens with one attached hydrogen (secondary N) is 1. The maximum atomic E-state index is 11.8. The van der Waals surface area contributed by atoms with Gasteiger partial charge in [0.2, 0.25) is 0 Å². The summed E-state index contributed by atoms with van der Waals surface area (Å²) in [5.74, 6) is -0.176. The summed E-state index contributed by atoms with van der Waals surface area (Å²) >= 11 is 0. The fraction of sp³-hybridized carbons (Fsp3) is 0.560. The third-order valence-electron chi connectivity index (χ3n) is 5.22. The van der Waals surface area contributed by atoms with Gasteiger partial charge in [0.05, 0.1) is 0 Å². The fourth-order valence-electron chi connectivity index (χ4n) is 3.34. The normalized spacial score (nSPS) is 13.8. The molecule has 0 fully saturated rings. The van der Waals surface area contributed by atoms with Crippen LogP contribution in [0.25, 0.3) is 5.57 Å². The Bertz CT molecular complexity index is 617. The van der Waals surface area contributed by atoms with Crippen molar-refractivity contribution >= 4 is 11.5 Å². The van der Waals surface area contributed by atoms with Gasteiger partial charge >= 0.3 is 5.97 Å². The number of unbranched alkanes of at least 4 members (excludes halogenated alkanes) is 1. The number of carboxylic acids is 1. The van der Waals surface area contributed by atoms with Crippen LogP contribution >= 0.6 is 0 Å². The third kappa shape index (κ3) is 9.89. The molecule has 1 aromatic carbocycles. The molecule has 0 aromatic heterocycles. The van der Waals surface area contributed by atoms with E-state index in [9.17, 15) is 9.90 Å². The van der Waals surface area contributed by atoms with Gasteiger partial charge in [0, 0.05) is 11.6 Å². The number of hydrogen-bond donors (Lipinski definition) is 2. The number of carbonyl (C=O) groups is 1. The molecule has 0 aliphatic heterocycles. The van der Waals surface area contributed by atoms with Crippen LogP contribution in [0.3, 0.4) is 0 Å². The molecule has 0 heterocycles. The van der Waals surface area contributed by atoms with Crippen molar-refractivity contribution in [3.63, 3.8) is 0 Å². The van der Waals surface area contributed by atoms with E-state index in [1.807, 2.05) is 30.4 Å². The SMILES string of the molecule is CCCCC(CC)CCC(=CC=C(CCNC(C)C)c1ccccc1)C(=O)O.